The van der Waals surface area contributed by atoms with Crippen LogP contribution in [0.2, 0.25) is 0 Å². The SMILES string of the molecule is CNS(=O)(=O)OCC(=O)NC(N)=S. The molecule has 76 valence electrons. The van der Waals surface area contributed by atoms with E-state index in [4.69, 9.17) is 5.73 Å². The maximum atomic E-state index is 10.7. The molecule has 1 amide bonds. The first-order valence-corrected chi connectivity index (χ1v) is 4.86. The Hall–Kier alpha value is -0.770. The molecule has 0 aromatic rings. The van der Waals surface area contributed by atoms with E-state index in [1.807, 2.05) is 10.0 Å². The molecular formula is C4H9N3O4S2. The van der Waals surface area contributed by atoms with Gasteiger partial charge >= 0.3 is 10.3 Å². The Balaban J connectivity index is 3.91. The minimum atomic E-state index is -3.85. The topological polar surface area (TPSA) is 111 Å². The van der Waals surface area contributed by atoms with Gasteiger partial charge in [0.2, 0.25) is 0 Å². The Morgan fingerprint density at radius 1 is 1.62 bits per heavy atom. The van der Waals surface area contributed by atoms with Crippen LogP contribution in [-0.4, -0.2) is 33.1 Å². The molecule has 0 aromatic carbocycles. The van der Waals surface area contributed by atoms with Gasteiger partial charge in [-0.2, -0.15) is 13.1 Å². The van der Waals surface area contributed by atoms with Crippen LogP contribution in [0, 0.1) is 0 Å². The third kappa shape index (κ3) is 6.40. The molecule has 0 rings (SSSR count). The van der Waals surface area contributed by atoms with E-state index in [0.29, 0.717) is 0 Å². The summed E-state index contributed by atoms with van der Waals surface area (Å²) >= 11 is 4.33. The number of amides is 1. The molecule has 9 heteroatoms. The van der Waals surface area contributed by atoms with Crippen LogP contribution >= 0.6 is 12.2 Å². The average molecular weight is 227 g/mol. The first-order chi connectivity index (χ1) is 5.87. The fourth-order valence-corrected chi connectivity index (χ4v) is 0.857. The van der Waals surface area contributed by atoms with Crippen molar-refractivity contribution in [2.75, 3.05) is 13.7 Å². The summed E-state index contributed by atoms with van der Waals surface area (Å²) in [6, 6.07) is 0. The first-order valence-electron chi connectivity index (χ1n) is 3.04. The Morgan fingerprint density at radius 3 is 2.54 bits per heavy atom. The van der Waals surface area contributed by atoms with Crippen LogP contribution in [0.15, 0.2) is 0 Å². The van der Waals surface area contributed by atoms with Gasteiger partial charge in [-0.15, -0.1) is 0 Å². The van der Waals surface area contributed by atoms with E-state index >= 15 is 0 Å². The summed E-state index contributed by atoms with van der Waals surface area (Å²) in [4.78, 5) is 10.7. The summed E-state index contributed by atoms with van der Waals surface area (Å²) in [5.74, 6) is -0.730. The molecular weight excluding hydrogens is 218 g/mol. The zero-order valence-corrected chi connectivity index (χ0v) is 8.37. The van der Waals surface area contributed by atoms with Crippen molar-refractivity contribution in [1.82, 2.24) is 10.0 Å². The number of nitrogens with one attached hydrogen (secondary N) is 2. The average Bonchev–Trinajstić information content (AvgIpc) is 2.00. The lowest BCUT2D eigenvalue weighted by atomic mass is 10.6. The third-order valence-electron chi connectivity index (χ3n) is 0.858. The van der Waals surface area contributed by atoms with Crippen molar-refractivity contribution in [2.24, 2.45) is 5.73 Å². The molecule has 0 aliphatic heterocycles. The van der Waals surface area contributed by atoms with E-state index in [9.17, 15) is 13.2 Å². The van der Waals surface area contributed by atoms with Crippen molar-refractivity contribution in [3.63, 3.8) is 0 Å². The highest BCUT2D eigenvalue weighted by Gasteiger charge is 2.10. The molecule has 0 fully saturated rings. The van der Waals surface area contributed by atoms with Crippen molar-refractivity contribution in [3.05, 3.63) is 0 Å². The molecule has 0 unspecified atom stereocenters. The van der Waals surface area contributed by atoms with Crippen LogP contribution in [0.3, 0.4) is 0 Å². The second-order valence-corrected chi connectivity index (χ2v) is 3.82. The molecule has 7 nitrogen and oxygen atoms in total. The van der Waals surface area contributed by atoms with Crippen LogP contribution in [0.5, 0.6) is 0 Å². The minimum Gasteiger partial charge on any atom is -0.376 e. The molecule has 0 heterocycles. The fourth-order valence-electron chi connectivity index (χ4n) is 0.364. The van der Waals surface area contributed by atoms with Crippen molar-refractivity contribution in [3.8, 4) is 0 Å². The van der Waals surface area contributed by atoms with Crippen molar-refractivity contribution < 1.29 is 17.4 Å². The fraction of sp³-hybridized carbons (Fsp3) is 0.500. The number of carbonyl (C=O) groups excluding carboxylic acids is 1. The number of hydrogen-bond acceptors (Lipinski definition) is 5. The van der Waals surface area contributed by atoms with Gasteiger partial charge in [0, 0.05) is 7.05 Å². The van der Waals surface area contributed by atoms with Gasteiger partial charge in [0.1, 0.15) is 6.61 Å². The Morgan fingerprint density at radius 2 is 2.15 bits per heavy atom. The summed E-state index contributed by atoms with van der Waals surface area (Å²) in [6.07, 6.45) is 0. The third-order valence-corrected chi connectivity index (χ3v) is 1.89. The monoisotopic (exact) mass is 227 g/mol. The van der Waals surface area contributed by atoms with Crippen molar-refractivity contribution in [2.45, 2.75) is 0 Å². The number of thiocarbonyl (C=S) groups is 1. The van der Waals surface area contributed by atoms with Crippen molar-refractivity contribution >= 4 is 33.5 Å². The highest BCUT2D eigenvalue weighted by atomic mass is 32.2. The minimum absolute atomic E-state index is 0.240. The number of nitrogens with two attached hydrogens (primary N) is 1. The zero-order chi connectivity index (χ0) is 10.5. The highest BCUT2D eigenvalue weighted by Crippen LogP contribution is 1.84. The lowest BCUT2D eigenvalue weighted by molar-refractivity contribution is -0.121. The van der Waals surface area contributed by atoms with Gasteiger partial charge in [-0.25, -0.2) is 4.18 Å². The molecule has 0 aliphatic rings. The Bertz CT molecular complexity index is 299. The van der Waals surface area contributed by atoms with Crippen LogP contribution in [0.1, 0.15) is 0 Å². The largest absolute Gasteiger partial charge is 0.376 e. The van der Waals surface area contributed by atoms with E-state index in [0.717, 1.165) is 7.05 Å². The molecule has 4 N–H and O–H groups in total. The standard InChI is InChI=1S/C4H9N3O4S2/c1-6-13(9,10)11-2-3(8)7-4(5)12/h6H,2H2,1H3,(H3,5,7,8,12). The zero-order valence-electron chi connectivity index (χ0n) is 6.73. The summed E-state index contributed by atoms with van der Waals surface area (Å²) in [7, 11) is -2.69. The lowest BCUT2D eigenvalue weighted by Gasteiger charge is -2.03. The van der Waals surface area contributed by atoms with Crippen molar-refractivity contribution in [1.29, 1.82) is 0 Å². The van der Waals surface area contributed by atoms with Gasteiger partial charge in [0.05, 0.1) is 0 Å². The number of rotatable bonds is 4. The van der Waals surface area contributed by atoms with Crippen LogP contribution in [0.4, 0.5) is 0 Å². The smallest absolute Gasteiger partial charge is 0.336 e. The lowest BCUT2D eigenvalue weighted by Crippen LogP contribution is -2.38. The summed E-state index contributed by atoms with van der Waals surface area (Å²) in [5, 5.41) is 1.75. The Labute approximate surface area is 80.9 Å². The first kappa shape index (κ1) is 12.2. The quantitative estimate of drug-likeness (QED) is 0.471. The molecule has 0 aliphatic carbocycles. The predicted octanol–water partition coefficient (Wildman–Crippen LogP) is -2.17. The van der Waals surface area contributed by atoms with E-state index in [2.05, 4.69) is 16.4 Å². The Kier molecular flexibility index (Phi) is 4.77. The maximum Gasteiger partial charge on any atom is 0.336 e. The van der Waals surface area contributed by atoms with E-state index in [-0.39, 0.29) is 5.11 Å². The molecule has 0 saturated heterocycles. The predicted molar refractivity (Wildman–Crippen MR) is 48.9 cm³/mol. The van der Waals surface area contributed by atoms with Gasteiger partial charge in [-0.05, 0) is 12.2 Å². The molecule has 0 bridgehead atoms. The van der Waals surface area contributed by atoms with E-state index in [1.165, 1.54) is 0 Å². The molecule has 0 spiro atoms. The summed E-state index contributed by atoms with van der Waals surface area (Å²) in [6.45, 7) is -0.666. The van der Waals surface area contributed by atoms with Gasteiger partial charge in [-0.3, -0.25) is 4.79 Å². The molecule has 0 saturated carbocycles. The van der Waals surface area contributed by atoms with E-state index < -0.39 is 22.8 Å². The summed E-state index contributed by atoms with van der Waals surface area (Å²) in [5.41, 5.74) is 4.94. The maximum absolute atomic E-state index is 10.7. The highest BCUT2D eigenvalue weighted by molar-refractivity contribution is 7.84. The molecule has 0 atom stereocenters. The summed E-state index contributed by atoms with van der Waals surface area (Å²) < 4.78 is 27.3. The number of carbonyl (C=O) groups is 1. The normalized spacial score (nSPS) is 10.8. The number of hydrogen-bond donors (Lipinski definition) is 3. The molecule has 13 heavy (non-hydrogen) atoms. The van der Waals surface area contributed by atoms with Gasteiger partial charge in [0.15, 0.2) is 5.11 Å². The van der Waals surface area contributed by atoms with Gasteiger partial charge < -0.3 is 11.1 Å². The molecule has 0 aromatic heterocycles. The second kappa shape index (κ2) is 5.07. The van der Waals surface area contributed by atoms with Crippen LogP contribution < -0.4 is 15.8 Å². The second-order valence-electron chi connectivity index (χ2n) is 1.83. The van der Waals surface area contributed by atoms with Gasteiger partial charge in [0.25, 0.3) is 5.91 Å². The molecule has 0 radical (unpaired) electrons. The van der Waals surface area contributed by atoms with Crippen LogP contribution in [-0.2, 0) is 19.3 Å². The van der Waals surface area contributed by atoms with Crippen LogP contribution in [0.25, 0.3) is 0 Å². The van der Waals surface area contributed by atoms with E-state index in [1.54, 1.807) is 0 Å². The van der Waals surface area contributed by atoms with Gasteiger partial charge in [-0.1, -0.05) is 0 Å².